The second kappa shape index (κ2) is 10.6. The first-order chi connectivity index (χ1) is 10.2. The molecule has 4 N–H and O–H groups in total. The molecule has 4 atom stereocenters. The monoisotopic (exact) mass is 314 g/mol. The Kier molecular flexibility index (Phi) is 10.1. The van der Waals surface area contributed by atoms with Crippen molar-refractivity contribution in [2.75, 3.05) is 0 Å². The van der Waals surface area contributed by atoms with Crippen molar-refractivity contribution in [2.45, 2.75) is 78.8 Å². The zero-order valence-electron chi connectivity index (χ0n) is 14.8. The Morgan fingerprint density at radius 3 is 2.23 bits per heavy atom. The van der Waals surface area contributed by atoms with Crippen LogP contribution in [0.3, 0.4) is 0 Å². The molecule has 0 radical (unpaired) electrons. The highest BCUT2D eigenvalue weighted by Gasteiger charge is 2.28. The number of aliphatic carboxylic acids is 1. The van der Waals surface area contributed by atoms with Crippen molar-refractivity contribution >= 4 is 11.9 Å². The van der Waals surface area contributed by atoms with Gasteiger partial charge >= 0.3 is 5.97 Å². The van der Waals surface area contributed by atoms with Crippen LogP contribution in [0.5, 0.6) is 0 Å². The Labute approximate surface area is 135 Å². The minimum atomic E-state index is -0.891. The standard InChI is InChI=1S/C17H34N2O3/c1-6-7-8-12(4)13(5)15(10-16(20)21)19-17(22)14(18)9-11(2)3/h11-15H,6-10,18H2,1-5H3,(H,19,22)(H,20,21)/t12?,13?,14-,15?/m0/s1. The molecule has 0 aromatic carbocycles. The van der Waals surface area contributed by atoms with Crippen LogP contribution in [0.1, 0.15) is 66.7 Å². The number of carboxylic acid groups (broad SMARTS) is 1. The van der Waals surface area contributed by atoms with E-state index in [0.29, 0.717) is 18.3 Å². The predicted octanol–water partition coefficient (Wildman–Crippen LogP) is 2.78. The molecule has 0 fully saturated rings. The first-order valence-corrected chi connectivity index (χ1v) is 8.46. The van der Waals surface area contributed by atoms with Crippen LogP contribution in [0, 0.1) is 17.8 Å². The van der Waals surface area contributed by atoms with Gasteiger partial charge in [0, 0.05) is 6.04 Å². The molecule has 0 heterocycles. The Bertz CT molecular complexity index is 345. The Morgan fingerprint density at radius 1 is 1.18 bits per heavy atom. The van der Waals surface area contributed by atoms with Gasteiger partial charge in [-0.05, 0) is 24.2 Å². The molecular formula is C17H34N2O3. The number of carboxylic acids is 1. The molecule has 5 heteroatoms. The summed E-state index contributed by atoms with van der Waals surface area (Å²) in [5, 5.41) is 12.0. The molecule has 3 unspecified atom stereocenters. The molecule has 0 bridgehead atoms. The summed E-state index contributed by atoms with van der Waals surface area (Å²) in [5.41, 5.74) is 5.89. The molecule has 0 spiro atoms. The molecule has 0 rings (SSSR count). The first-order valence-electron chi connectivity index (χ1n) is 8.46. The lowest BCUT2D eigenvalue weighted by molar-refractivity contribution is -0.138. The van der Waals surface area contributed by atoms with E-state index in [1.807, 2.05) is 20.8 Å². The lowest BCUT2D eigenvalue weighted by Gasteiger charge is -2.30. The van der Waals surface area contributed by atoms with Crippen LogP contribution in [0.4, 0.5) is 0 Å². The van der Waals surface area contributed by atoms with Gasteiger partial charge in [0.25, 0.3) is 0 Å². The number of nitrogens with one attached hydrogen (secondary N) is 1. The number of amides is 1. The highest BCUT2D eigenvalue weighted by atomic mass is 16.4. The molecule has 0 aromatic rings. The van der Waals surface area contributed by atoms with Crippen molar-refractivity contribution in [1.29, 1.82) is 0 Å². The summed E-state index contributed by atoms with van der Waals surface area (Å²) in [7, 11) is 0. The Balaban J connectivity index is 4.75. The minimum absolute atomic E-state index is 0.0578. The number of unbranched alkanes of at least 4 members (excludes halogenated alkanes) is 1. The lowest BCUT2D eigenvalue weighted by atomic mass is 9.84. The van der Waals surface area contributed by atoms with E-state index in [1.165, 1.54) is 0 Å². The molecule has 1 amide bonds. The van der Waals surface area contributed by atoms with E-state index >= 15 is 0 Å². The smallest absolute Gasteiger partial charge is 0.305 e. The van der Waals surface area contributed by atoms with Gasteiger partial charge in [-0.3, -0.25) is 9.59 Å². The molecule has 0 saturated heterocycles. The van der Waals surface area contributed by atoms with E-state index in [1.54, 1.807) is 0 Å². The third-order valence-corrected chi connectivity index (χ3v) is 4.33. The zero-order valence-corrected chi connectivity index (χ0v) is 14.8. The molecule has 0 aliphatic rings. The second-order valence-corrected chi connectivity index (χ2v) is 6.93. The van der Waals surface area contributed by atoms with Crippen LogP contribution in [-0.2, 0) is 9.59 Å². The maximum Gasteiger partial charge on any atom is 0.305 e. The fraction of sp³-hybridized carbons (Fsp3) is 0.882. The third-order valence-electron chi connectivity index (χ3n) is 4.33. The number of hydrogen-bond acceptors (Lipinski definition) is 3. The van der Waals surface area contributed by atoms with E-state index in [4.69, 9.17) is 10.8 Å². The van der Waals surface area contributed by atoms with Crippen LogP contribution < -0.4 is 11.1 Å². The van der Waals surface area contributed by atoms with E-state index < -0.39 is 12.0 Å². The summed E-state index contributed by atoms with van der Waals surface area (Å²) in [4.78, 5) is 23.3. The van der Waals surface area contributed by atoms with Crippen LogP contribution in [-0.4, -0.2) is 29.1 Å². The van der Waals surface area contributed by atoms with Crippen molar-refractivity contribution in [3.8, 4) is 0 Å². The largest absolute Gasteiger partial charge is 0.481 e. The van der Waals surface area contributed by atoms with Crippen molar-refractivity contribution in [1.82, 2.24) is 5.32 Å². The minimum Gasteiger partial charge on any atom is -0.481 e. The summed E-state index contributed by atoms with van der Waals surface area (Å²) in [6, 6.07) is -0.940. The number of carbonyl (C=O) groups is 2. The van der Waals surface area contributed by atoms with E-state index in [2.05, 4.69) is 19.2 Å². The molecule has 130 valence electrons. The van der Waals surface area contributed by atoms with Crippen LogP contribution in [0.25, 0.3) is 0 Å². The van der Waals surface area contributed by atoms with Gasteiger partial charge < -0.3 is 16.2 Å². The normalized spacial score (nSPS) is 16.9. The second-order valence-electron chi connectivity index (χ2n) is 6.93. The van der Waals surface area contributed by atoms with Crippen LogP contribution in [0.2, 0.25) is 0 Å². The van der Waals surface area contributed by atoms with Gasteiger partial charge in [-0.2, -0.15) is 0 Å². The lowest BCUT2D eigenvalue weighted by Crippen LogP contribution is -2.49. The molecule has 0 aliphatic carbocycles. The van der Waals surface area contributed by atoms with Crippen molar-refractivity contribution < 1.29 is 14.7 Å². The van der Waals surface area contributed by atoms with Gasteiger partial charge in [-0.25, -0.2) is 0 Å². The fourth-order valence-electron chi connectivity index (χ4n) is 2.65. The molecular weight excluding hydrogens is 280 g/mol. The quantitative estimate of drug-likeness (QED) is 0.547. The highest BCUT2D eigenvalue weighted by molar-refractivity contribution is 5.82. The number of hydrogen-bond donors (Lipinski definition) is 3. The molecule has 0 aliphatic heterocycles. The van der Waals surface area contributed by atoms with Gasteiger partial charge in [-0.15, -0.1) is 0 Å². The van der Waals surface area contributed by atoms with Crippen molar-refractivity contribution in [3.63, 3.8) is 0 Å². The third kappa shape index (κ3) is 8.37. The molecule has 0 saturated carbocycles. The average molecular weight is 314 g/mol. The van der Waals surface area contributed by atoms with Gasteiger partial charge in [0.2, 0.25) is 5.91 Å². The van der Waals surface area contributed by atoms with E-state index in [-0.39, 0.29) is 24.3 Å². The maximum absolute atomic E-state index is 12.2. The van der Waals surface area contributed by atoms with E-state index in [0.717, 1.165) is 19.3 Å². The van der Waals surface area contributed by atoms with Gasteiger partial charge in [-0.1, -0.05) is 53.9 Å². The van der Waals surface area contributed by atoms with Crippen molar-refractivity contribution in [3.05, 3.63) is 0 Å². The van der Waals surface area contributed by atoms with E-state index in [9.17, 15) is 9.59 Å². The van der Waals surface area contributed by atoms with Gasteiger partial charge in [0.15, 0.2) is 0 Å². The molecule has 22 heavy (non-hydrogen) atoms. The van der Waals surface area contributed by atoms with Crippen LogP contribution in [0.15, 0.2) is 0 Å². The fourth-order valence-corrected chi connectivity index (χ4v) is 2.65. The van der Waals surface area contributed by atoms with Gasteiger partial charge in [0.1, 0.15) is 0 Å². The summed E-state index contributed by atoms with van der Waals surface area (Å²) in [6.45, 7) is 10.3. The summed E-state index contributed by atoms with van der Waals surface area (Å²) in [5.74, 6) is -0.324. The SMILES string of the molecule is CCCCC(C)C(C)C(CC(=O)O)NC(=O)[C@@H](N)CC(C)C. The Hall–Kier alpha value is -1.10. The zero-order chi connectivity index (χ0) is 17.3. The summed E-state index contributed by atoms with van der Waals surface area (Å²) in [6.07, 6.45) is 3.82. The van der Waals surface area contributed by atoms with Crippen molar-refractivity contribution in [2.24, 2.45) is 23.5 Å². The molecule has 0 aromatic heterocycles. The highest BCUT2D eigenvalue weighted by Crippen LogP contribution is 2.23. The first kappa shape index (κ1) is 20.9. The van der Waals surface area contributed by atoms with Crippen LogP contribution >= 0.6 is 0 Å². The molecule has 5 nitrogen and oxygen atoms in total. The summed E-state index contributed by atoms with van der Waals surface area (Å²) < 4.78 is 0. The number of nitrogens with two attached hydrogens (primary N) is 1. The maximum atomic E-state index is 12.2. The predicted molar refractivity (Wildman–Crippen MR) is 89.5 cm³/mol. The number of rotatable bonds is 11. The summed E-state index contributed by atoms with van der Waals surface area (Å²) >= 11 is 0. The average Bonchev–Trinajstić information content (AvgIpc) is 2.41. The topological polar surface area (TPSA) is 92.4 Å². The van der Waals surface area contributed by atoms with Gasteiger partial charge in [0.05, 0.1) is 12.5 Å². The Morgan fingerprint density at radius 2 is 1.77 bits per heavy atom. The number of carbonyl (C=O) groups excluding carboxylic acids is 1.